The number of nitrogens with one attached hydrogen (secondary N) is 2. The summed E-state index contributed by atoms with van der Waals surface area (Å²) in [5.41, 5.74) is 0. The summed E-state index contributed by atoms with van der Waals surface area (Å²) in [6.45, 7) is 8.04. The Morgan fingerprint density at radius 2 is 1.79 bits per heavy atom. The van der Waals surface area contributed by atoms with Gasteiger partial charge in [-0.2, -0.15) is 0 Å². The summed E-state index contributed by atoms with van der Waals surface area (Å²) >= 11 is 0. The molecule has 0 radical (unpaired) electrons. The van der Waals surface area contributed by atoms with Crippen molar-refractivity contribution in [2.45, 2.75) is 64.3 Å². The molecule has 6 nitrogen and oxygen atoms in total. The Hall–Kier alpha value is -0.570. The van der Waals surface area contributed by atoms with Gasteiger partial charge >= 0.3 is 0 Å². The Labute approximate surface area is 188 Å². The zero-order valence-electron chi connectivity index (χ0n) is 17.8. The predicted molar refractivity (Wildman–Crippen MR) is 126 cm³/mol. The van der Waals surface area contributed by atoms with Gasteiger partial charge in [0.2, 0.25) is 5.91 Å². The second kappa shape index (κ2) is 12.2. The van der Waals surface area contributed by atoms with Crippen LogP contribution < -0.4 is 10.6 Å². The molecule has 2 heterocycles. The van der Waals surface area contributed by atoms with E-state index >= 15 is 0 Å². The number of hydrogen-bond acceptors (Lipinski definition) is 3. The molecule has 162 valence electrons. The van der Waals surface area contributed by atoms with E-state index in [4.69, 9.17) is 4.99 Å². The van der Waals surface area contributed by atoms with Crippen LogP contribution in [0.3, 0.4) is 0 Å². The van der Waals surface area contributed by atoms with Gasteiger partial charge in [-0.25, -0.2) is 0 Å². The SMILES string of the molecule is CCNC(=NCCC1CCN(C)CC1)NC1CCN(C(=O)C2CCCC2)C1.I. The largest absolute Gasteiger partial charge is 0.357 e. The van der Waals surface area contributed by atoms with Gasteiger partial charge in [0.25, 0.3) is 0 Å². The van der Waals surface area contributed by atoms with E-state index in [0.717, 1.165) is 57.3 Å². The van der Waals surface area contributed by atoms with Crippen molar-refractivity contribution in [1.29, 1.82) is 0 Å². The van der Waals surface area contributed by atoms with Crippen LogP contribution >= 0.6 is 24.0 Å². The first kappa shape index (κ1) is 23.7. The van der Waals surface area contributed by atoms with Gasteiger partial charge in [0, 0.05) is 38.1 Å². The highest BCUT2D eigenvalue weighted by molar-refractivity contribution is 14.0. The van der Waals surface area contributed by atoms with Gasteiger partial charge in [-0.05, 0) is 71.5 Å². The molecule has 7 heteroatoms. The predicted octanol–water partition coefficient (Wildman–Crippen LogP) is 2.68. The zero-order chi connectivity index (χ0) is 19.1. The summed E-state index contributed by atoms with van der Waals surface area (Å²) in [7, 11) is 2.21. The molecule has 0 bridgehead atoms. The van der Waals surface area contributed by atoms with Crippen LogP contribution in [0, 0.1) is 11.8 Å². The van der Waals surface area contributed by atoms with E-state index in [9.17, 15) is 4.79 Å². The fourth-order valence-electron chi connectivity index (χ4n) is 4.73. The van der Waals surface area contributed by atoms with Crippen molar-refractivity contribution in [1.82, 2.24) is 20.4 Å². The van der Waals surface area contributed by atoms with Crippen molar-refractivity contribution < 1.29 is 4.79 Å². The van der Waals surface area contributed by atoms with Crippen molar-refractivity contribution in [2.24, 2.45) is 16.8 Å². The number of aliphatic imine (C=N–C) groups is 1. The molecule has 3 aliphatic rings. The molecule has 3 rings (SSSR count). The van der Waals surface area contributed by atoms with Crippen molar-refractivity contribution in [3.63, 3.8) is 0 Å². The summed E-state index contributed by atoms with van der Waals surface area (Å²) in [4.78, 5) is 21.9. The van der Waals surface area contributed by atoms with Gasteiger partial charge in [0.05, 0.1) is 0 Å². The number of guanidine groups is 1. The monoisotopic (exact) mass is 505 g/mol. The first-order chi connectivity index (χ1) is 13.2. The Morgan fingerprint density at radius 3 is 2.46 bits per heavy atom. The third kappa shape index (κ3) is 7.04. The van der Waals surface area contributed by atoms with Gasteiger partial charge in [0.15, 0.2) is 5.96 Å². The highest BCUT2D eigenvalue weighted by Gasteiger charge is 2.32. The maximum Gasteiger partial charge on any atom is 0.225 e. The van der Waals surface area contributed by atoms with E-state index in [0.29, 0.717) is 17.9 Å². The van der Waals surface area contributed by atoms with E-state index < -0.39 is 0 Å². The topological polar surface area (TPSA) is 60.0 Å². The van der Waals surface area contributed by atoms with E-state index in [-0.39, 0.29) is 24.0 Å². The molecule has 3 fully saturated rings. The van der Waals surface area contributed by atoms with Gasteiger partial charge in [-0.15, -0.1) is 24.0 Å². The average molecular weight is 505 g/mol. The van der Waals surface area contributed by atoms with Crippen LogP contribution in [0.15, 0.2) is 4.99 Å². The molecule has 1 unspecified atom stereocenters. The lowest BCUT2D eigenvalue weighted by Gasteiger charge is -2.28. The first-order valence-corrected chi connectivity index (χ1v) is 11.2. The fourth-order valence-corrected chi connectivity index (χ4v) is 4.73. The number of hydrogen-bond donors (Lipinski definition) is 2. The molecule has 0 spiro atoms. The van der Waals surface area contributed by atoms with E-state index in [1.54, 1.807) is 0 Å². The molecule has 2 saturated heterocycles. The minimum Gasteiger partial charge on any atom is -0.357 e. The van der Waals surface area contributed by atoms with Crippen LogP contribution in [0.2, 0.25) is 0 Å². The molecule has 1 amide bonds. The molecule has 0 aromatic rings. The number of likely N-dealkylation sites (tertiary alicyclic amines) is 2. The number of carbonyl (C=O) groups is 1. The summed E-state index contributed by atoms with van der Waals surface area (Å²) in [6, 6.07) is 0.330. The number of piperidine rings is 1. The maximum absolute atomic E-state index is 12.6. The normalized spacial score (nSPS) is 25.0. The number of carbonyl (C=O) groups excluding carboxylic acids is 1. The van der Waals surface area contributed by atoms with Crippen LogP contribution in [0.4, 0.5) is 0 Å². The molecule has 0 aromatic heterocycles. The average Bonchev–Trinajstić information content (AvgIpc) is 3.35. The molecule has 1 aliphatic carbocycles. The molecule has 1 saturated carbocycles. The van der Waals surface area contributed by atoms with Crippen LogP contribution in [-0.4, -0.2) is 74.0 Å². The van der Waals surface area contributed by atoms with Gasteiger partial charge in [-0.3, -0.25) is 9.79 Å². The second-order valence-corrected chi connectivity index (χ2v) is 8.69. The van der Waals surface area contributed by atoms with Crippen LogP contribution in [-0.2, 0) is 4.79 Å². The lowest BCUT2D eigenvalue weighted by molar-refractivity contribution is -0.134. The summed E-state index contributed by atoms with van der Waals surface area (Å²) < 4.78 is 0. The van der Waals surface area contributed by atoms with Crippen LogP contribution in [0.5, 0.6) is 0 Å². The third-order valence-corrected chi connectivity index (χ3v) is 6.53. The zero-order valence-corrected chi connectivity index (χ0v) is 20.1. The van der Waals surface area contributed by atoms with E-state index in [1.807, 2.05) is 0 Å². The number of rotatable bonds is 6. The van der Waals surface area contributed by atoms with E-state index in [2.05, 4.69) is 34.4 Å². The molecule has 0 aromatic carbocycles. The molecule has 28 heavy (non-hydrogen) atoms. The van der Waals surface area contributed by atoms with E-state index in [1.165, 1.54) is 45.2 Å². The first-order valence-electron chi connectivity index (χ1n) is 11.2. The molecular weight excluding hydrogens is 465 g/mol. The molecular formula is C21H40IN5O. The minimum absolute atomic E-state index is 0. The Morgan fingerprint density at radius 1 is 1.07 bits per heavy atom. The van der Waals surface area contributed by atoms with Gasteiger partial charge in [-0.1, -0.05) is 12.8 Å². The Balaban J connectivity index is 0.00000280. The highest BCUT2D eigenvalue weighted by atomic mass is 127. The Kier molecular flexibility index (Phi) is 10.3. The van der Waals surface area contributed by atoms with Crippen molar-refractivity contribution in [2.75, 3.05) is 46.3 Å². The number of amides is 1. The summed E-state index contributed by atoms with van der Waals surface area (Å²) in [5.74, 6) is 2.42. The highest BCUT2D eigenvalue weighted by Crippen LogP contribution is 2.27. The molecule has 1 atom stereocenters. The lowest BCUT2D eigenvalue weighted by atomic mass is 9.94. The smallest absolute Gasteiger partial charge is 0.225 e. The van der Waals surface area contributed by atoms with Crippen molar-refractivity contribution in [3.8, 4) is 0 Å². The number of halogens is 1. The molecule has 2 N–H and O–H groups in total. The van der Waals surface area contributed by atoms with Gasteiger partial charge < -0.3 is 20.4 Å². The lowest BCUT2D eigenvalue weighted by Crippen LogP contribution is -2.45. The maximum atomic E-state index is 12.6. The quantitative estimate of drug-likeness (QED) is 0.331. The van der Waals surface area contributed by atoms with Crippen LogP contribution in [0.25, 0.3) is 0 Å². The van der Waals surface area contributed by atoms with Crippen molar-refractivity contribution >= 4 is 35.8 Å². The van der Waals surface area contributed by atoms with Crippen LogP contribution in [0.1, 0.15) is 58.3 Å². The summed E-state index contributed by atoms with van der Waals surface area (Å²) in [5, 5.41) is 6.95. The standard InChI is InChI=1S/C21H39N5O.HI/c1-3-22-21(23-12-8-17-9-13-25(2)14-10-17)24-19-11-15-26(16-19)20(27)18-6-4-5-7-18;/h17-19H,3-16H2,1-2H3,(H2,22,23,24);1H. The Bertz CT molecular complexity index is 501. The number of nitrogens with zero attached hydrogens (tertiary/aromatic N) is 3. The third-order valence-electron chi connectivity index (χ3n) is 6.53. The van der Waals surface area contributed by atoms with Gasteiger partial charge in [0.1, 0.15) is 0 Å². The molecule has 2 aliphatic heterocycles. The summed E-state index contributed by atoms with van der Waals surface area (Å²) in [6.07, 6.45) is 9.44. The van der Waals surface area contributed by atoms with Crippen molar-refractivity contribution in [3.05, 3.63) is 0 Å². The fraction of sp³-hybridized carbons (Fsp3) is 0.905. The minimum atomic E-state index is 0. The second-order valence-electron chi connectivity index (χ2n) is 8.69.